The van der Waals surface area contributed by atoms with Gasteiger partial charge in [0.1, 0.15) is 0 Å². The van der Waals surface area contributed by atoms with Gasteiger partial charge in [-0.25, -0.2) is 0 Å². The molecule has 0 aliphatic carbocycles. The molecule has 0 spiro atoms. The molecule has 98 valence electrons. The van der Waals surface area contributed by atoms with Crippen molar-refractivity contribution in [3.63, 3.8) is 0 Å². The third-order valence-corrected chi connectivity index (χ3v) is 4.00. The van der Waals surface area contributed by atoms with Gasteiger partial charge in [-0.1, -0.05) is 46.3 Å². The molecule has 1 saturated heterocycles. The minimum atomic E-state index is 0.0224. The topological polar surface area (TPSA) is 38.3 Å². The Morgan fingerprint density at radius 3 is 2.89 bits per heavy atom. The van der Waals surface area contributed by atoms with Gasteiger partial charge in [0.05, 0.1) is 17.4 Å². The predicted molar refractivity (Wildman–Crippen MR) is 74.7 cm³/mol. The number of rotatable bonds is 4. The summed E-state index contributed by atoms with van der Waals surface area (Å²) in [5, 5.41) is 2.98. The van der Waals surface area contributed by atoms with Gasteiger partial charge in [0.25, 0.3) is 0 Å². The molecule has 0 radical (unpaired) electrons. The first-order chi connectivity index (χ1) is 8.77. The van der Waals surface area contributed by atoms with Crippen LogP contribution in [-0.2, 0) is 9.53 Å². The molecule has 3 nitrogen and oxygen atoms in total. The van der Waals surface area contributed by atoms with Gasteiger partial charge in [0, 0.05) is 13.2 Å². The number of benzene rings is 1. The molecule has 4 heteroatoms. The smallest absolute Gasteiger partial charge is 0.225 e. The molecule has 1 aliphatic heterocycles. The van der Waals surface area contributed by atoms with Crippen molar-refractivity contribution in [3.8, 4) is 0 Å². The summed E-state index contributed by atoms with van der Waals surface area (Å²) in [6.45, 7) is 1.96. The number of amides is 1. The minimum absolute atomic E-state index is 0.0224. The standard InChI is InChI=1S/C14H18BrNO2/c15-13(11-5-2-1-3-6-11)9-16-14(17)12-7-4-8-18-10-12/h1-3,5-6,12-13H,4,7-10H2,(H,16,17). The number of hydrogen-bond donors (Lipinski definition) is 1. The van der Waals surface area contributed by atoms with E-state index in [4.69, 9.17) is 4.74 Å². The van der Waals surface area contributed by atoms with Crippen molar-refractivity contribution in [3.05, 3.63) is 35.9 Å². The van der Waals surface area contributed by atoms with Crippen molar-refractivity contribution in [2.75, 3.05) is 19.8 Å². The van der Waals surface area contributed by atoms with Gasteiger partial charge < -0.3 is 10.1 Å². The molecule has 1 aromatic carbocycles. The van der Waals surface area contributed by atoms with Crippen LogP contribution < -0.4 is 5.32 Å². The molecule has 0 aromatic heterocycles. The van der Waals surface area contributed by atoms with Crippen molar-refractivity contribution in [2.24, 2.45) is 5.92 Å². The van der Waals surface area contributed by atoms with Crippen LogP contribution in [0.15, 0.2) is 30.3 Å². The highest BCUT2D eigenvalue weighted by Gasteiger charge is 2.22. The number of carbonyl (C=O) groups is 1. The van der Waals surface area contributed by atoms with E-state index in [1.54, 1.807) is 0 Å². The molecule has 1 N–H and O–H groups in total. The van der Waals surface area contributed by atoms with Gasteiger partial charge in [-0.3, -0.25) is 4.79 Å². The lowest BCUT2D eigenvalue weighted by atomic mass is 10.0. The average Bonchev–Trinajstić information content (AvgIpc) is 2.46. The van der Waals surface area contributed by atoms with Gasteiger partial charge in [0.2, 0.25) is 5.91 Å². The number of ether oxygens (including phenoxy) is 1. The van der Waals surface area contributed by atoms with Gasteiger partial charge in [-0.2, -0.15) is 0 Å². The fourth-order valence-electron chi connectivity index (χ4n) is 2.06. The van der Waals surface area contributed by atoms with Crippen molar-refractivity contribution < 1.29 is 9.53 Å². The van der Waals surface area contributed by atoms with Crippen LogP contribution in [0.2, 0.25) is 0 Å². The zero-order valence-electron chi connectivity index (χ0n) is 10.3. The van der Waals surface area contributed by atoms with Crippen molar-refractivity contribution in [2.45, 2.75) is 17.7 Å². The second-order valence-electron chi connectivity index (χ2n) is 4.54. The van der Waals surface area contributed by atoms with E-state index in [1.165, 1.54) is 5.56 Å². The van der Waals surface area contributed by atoms with E-state index in [2.05, 4.69) is 33.4 Å². The zero-order valence-corrected chi connectivity index (χ0v) is 11.9. The molecule has 1 amide bonds. The molecule has 1 aromatic rings. The monoisotopic (exact) mass is 311 g/mol. The molecular formula is C14H18BrNO2. The summed E-state index contributed by atoms with van der Waals surface area (Å²) in [4.78, 5) is 12.1. The van der Waals surface area contributed by atoms with E-state index in [9.17, 15) is 4.79 Å². The van der Waals surface area contributed by atoms with Crippen LogP contribution in [0.5, 0.6) is 0 Å². The van der Waals surface area contributed by atoms with Crippen molar-refractivity contribution in [1.82, 2.24) is 5.32 Å². The maximum absolute atomic E-state index is 11.9. The quantitative estimate of drug-likeness (QED) is 0.868. The van der Waals surface area contributed by atoms with Gasteiger partial charge >= 0.3 is 0 Å². The fourth-order valence-corrected chi connectivity index (χ4v) is 2.53. The van der Waals surface area contributed by atoms with Gasteiger partial charge in [0.15, 0.2) is 0 Å². The summed E-state index contributed by atoms with van der Waals surface area (Å²) >= 11 is 3.59. The van der Waals surface area contributed by atoms with Crippen LogP contribution in [0.4, 0.5) is 0 Å². The Kier molecular flexibility index (Phi) is 5.20. The molecule has 18 heavy (non-hydrogen) atoms. The normalized spacial score (nSPS) is 21.3. The van der Waals surface area contributed by atoms with Crippen LogP contribution >= 0.6 is 15.9 Å². The van der Waals surface area contributed by atoms with E-state index < -0.39 is 0 Å². The first kappa shape index (κ1) is 13.6. The van der Waals surface area contributed by atoms with Crippen LogP contribution in [0.25, 0.3) is 0 Å². The summed E-state index contributed by atoms with van der Waals surface area (Å²) in [5.41, 5.74) is 1.18. The Morgan fingerprint density at radius 2 is 2.22 bits per heavy atom. The molecule has 2 rings (SSSR count). The molecular weight excluding hydrogens is 294 g/mol. The lowest BCUT2D eigenvalue weighted by molar-refractivity contribution is -0.128. The van der Waals surface area contributed by atoms with E-state index in [-0.39, 0.29) is 16.7 Å². The minimum Gasteiger partial charge on any atom is -0.381 e. The first-order valence-electron chi connectivity index (χ1n) is 6.32. The van der Waals surface area contributed by atoms with E-state index in [0.29, 0.717) is 13.2 Å². The fraction of sp³-hybridized carbons (Fsp3) is 0.500. The number of halogens is 1. The summed E-state index contributed by atoms with van der Waals surface area (Å²) < 4.78 is 5.32. The maximum Gasteiger partial charge on any atom is 0.225 e. The van der Waals surface area contributed by atoms with E-state index in [1.807, 2.05) is 18.2 Å². The van der Waals surface area contributed by atoms with Crippen molar-refractivity contribution in [1.29, 1.82) is 0 Å². The molecule has 2 atom stereocenters. The Morgan fingerprint density at radius 1 is 1.44 bits per heavy atom. The van der Waals surface area contributed by atoms with Gasteiger partial charge in [-0.05, 0) is 18.4 Å². The van der Waals surface area contributed by atoms with E-state index in [0.717, 1.165) is 19.4 Å². The largest absolute Gasteiger partial charge is 0.381 e. The highest BCUT2D eigenvalue weighted by atomic mass is 79.9. The second kappa shape index (κ2) is 6.90. The predicted octanol–water partition coefficient (Wildman–Crippen LogP) is 2.67. The molecule has 2 unspecified atom stereocenters. The lowest BCUT2D eigenvalue weighted by Crippen LogP contribution is -2.36. The molecule has 1 fully saturated rings. The van der Waals surface area contributed by atoms with Crippen molar-refractivity contribution >= 4 is 21.8 Å². The third kappa shape index (κ3) is 3.82. The Balaban J connectivity index is 1.78. The summed E-state index contributed by atoms with van der Waals surface area (Å²) in [6.07, 6.45) is 1.92. The molecule has 1 aliphatic rings. The summed E-state index contributed by atoms with van der Waals surface area (Å²) in [7, 11) is 0. The Bertz CT molecular complexity index is 377. The Hall–Kier alpha value is -0.870. The SMILES string of the molecule is O=C(NCC(Br)c1ccccc1)C1CCCOC1. The summed E-state index contributed by atoms with van der Waals surface area (Å²) in [5.74, 6) is 0.129. The number of alkyl halides is 1. The lowest BCUT2D eigenvalue weighted by Gasteiger charge is -2.22. The number of carbonyl (C=O) groups excluding carboxylic acids is 1. The highest BCUT2D eigenvalue weighted by molar-refractivity contribution is 9.09. The molecule has 1 heterocycles. The second-order valence-corrected chi connectivity index (χ2v) is 5.64. The zero-order chi connectivity index (χ0) is 12.8. The molecule has 0 bridgehead atoms. The van der Waals surface area contributed by atoms with Crippen LogP contribution in [-0.4, -0.2) is 25.7 Å². The van der Waals surface area contributed by atoms with Crippen LogP contribution in [0.1, 0.15) is 23.2 Å². The number of hydrogen-bond acceptors (Lipinski definition) is 2. The van der Waals surface area contributed by atoms with Gasteiger partial charge in [-0.15, -0.1) is 0 Å². The van der Waals surface area contributed by atoms with Crippen LogP contribution in [0, 0.1) is 5.92 Å². The van der Waals surface area contributed by atoms with E-state index >= 15 is 0 Å². The first-order valence-corrected chi connectivity index (χ1v) is 7.23. The molecule has 0 saturated carbocycles. The third-order valence-electron chi connectivity index (χ3n) is 3.15. The summed E-state index contributed by atoms with van der Waals surface area (Å²) in [6, 6.07) is 10.1. The highest BCUT2D eigenvalue weighted by Crippen LogP contribution is 2.21. The number of nitrogens with one attached hydrogen (secondary N) is 1. The Labute approximate surface area is 116 Å². The van der Waals surface area contributed by atoms with Crippen LogP contribution in [0.3, 0.4) is 0 Å². The maximum atomic E-state index is 11.9. The average molecular weight is 312 g/mol.